The van der Waals surface area contributed by atoms with Crippen LogP contribution in [-0.4, -0.2) is 43.6 Å². The van der Waals surface area contributed by atoms with Gasteiger partial charge in [-0.05, 0) is 6.42 Å². The molecule has 2 aromatic carbocycles. The van der Waals surface area contributed by atoms with E-state index in [1.807, 2.05) is 18.2 Å². The van der Waals surface area contributed by atoms with E-state index in [2.05, 4.69) is 5.32 Å². The fourth-order valence-corrected chi connectivity index (χ4v) is 5.07. The minimum atomic E-state index is -3.10. The molecule has 1 aliphatic heterocycles. The number of carbonyl (C=O) groups excluding carboxylic acids is 1. The number of amides is 1. The van der Waals surface area contributed by atoms with E-state index in [1.165, 1.54) is 18.2 Å². The lowest BCUT2D eigenvalue weighted by molar-refractivity contribution is -0.123. The van der Waals surface area contributed by atoms with Gasteiger partial charge in [0.15, 0.2) is 21.9 Å². The third-order valence-corrected chi connectivity index (χ3v) is 6.58. The number of fused-ring (bicyclic) bond motifs is 1. The first-order chi connectivity index (χ1) is 14.3. The van der Waals surface area contributed by atoms with Crippen molar-refractivity contribution in [2.75, 3.05) is 18.1 Å². The Hall–Kier alpha value is -3.33. The van der Waals surface area contributed by atoms with E-state index in [-0.39, 0.29) is 40.6 Å². The summed E-state index contributed by atoms with van der Waals surface area (Å²) in [6.07, 6.45) is 0.373. The Kier molecular flexibility index (Phi) is 5.21. The van der Waals surface area contributed by atoms with Crippen LogP contribution in [0.25, 0.3) is 22.3 Å². The van der Waals surface area contributed by atoms with E-state index in [4.69, 9.17) is 9.15 Å². The molecule has 0 spiro atoms. The summed E-state index contributed by atoms with van der Waals surface area (Å²) in [6.45, 7) is -0.371. The highest BCUT2D eigenvalue weighted by atomic mass is 32.2. The van der Waals surface area contributed by atoms with Gasteiger partial charge < -0.3 is 19.6 Å². The molecule has 1 fully saturated rings. The van der Waals surface area contributed by atoms with E-state index >= 15 is 0 Å². The first-order valence-corrected chi connectivity index (χ1v) is 11.1. The van der Waals surface area contributed by atoms with Gasteiger partial charge in [0.05, 0.1) is 11.5 Å². The molecule has 156 valence electrons. The molecule has 1 saturated heterocycles. The Bertz CT molecular complexity index is 1270. The molecule has 1 atom stereocenters. The molecule has 3 aromatic rings. The second-order valence-corrected chi connectivity index (χ2v) is 9.34. The van der Waals surface area contributed by atoms with Gasteiger partial charge in [-0.2, -0.15) is 0 Å². The van der Waals surface area contributed by atoms with Gasteiger partial charge >= 0.3 is 0 Å². The van der Waals surface area contributed by atoms with Gasteiger partial charge in [-0.1, -0.05) is 30.3 Å². The van der Waals surface area contributed by atoms with Crippen LogP contribution in [0.2, 0.25) is 0 Å². The number of aromatic hydroxyl groups is 1. The molecular formula is C21H19NO7S. The molecule has 0 unspecified atom stereocenters. The first kappa shape index (κ1) is 20.0. The summed E-state index contributed by atoms with van der Waals surface area (Å²) >= 11 is 0. The molecule has 9 heteroatoms. The Morgan fingerprint density at radius 2 is 1.97 bits per heavy atom. The Morgan fingerprint density at radius 1 is 1.20 bits per heavy atom. The number of phenols is 1. The van der Waals surface area contributed by atoms with Crippen LogP contribution in [0.1, 0.15) is 6.42 Å². The zero-order chi connectivity index (χ0) is 21.3. The average Bonchev–Trinajstić information content (AvgIpc) is 3.04. The fraction of sp³-hybridized carbons (Fsp3) is 0.238. The van der Waals surface area contributed by atoms with Gasteiger partial charge in [0, 0.05) is 29.8 Å². The summed E-state index contributed by atoms with van der Waals surface area (Å²) in [5.74, 6) is -0.343. The predicted octanol–water partition coefficient (Wildman–Crippen LogP) is 1.85. The Balaban J connectivity index is 1.53. The maximum absolute atomic E-state index is 12.4. The van der Waals surface area contributed by atoms with Crippen molar-refractivity contribution in [2.24, 2.45) is 0 Å². The molecule has 4 rings (SSSR count). The summed E-state index contributed by atoms with van der Waals surface area (Å²) in [5.41, 5.74) is 0.422. The van der Waals surface area contributed by atoms with Crippen molar-refractivity contribution < 1.29 is 27.5 Å². The Labute approximate surface area is 172 Å². The highest BCUT2D eigenvalue weighted by molar-refractivity contribution is 7.91. The van der Waals surface area contributed by atoms with E-state index in [0.29, 0.717) is 17.7 Å². The normalized spacial score (nSPS) is 17.7. The third-order valence-electron chi connectivity index (χ3n) is 4.81. The SMILES string of the molecule is O=C(COc1cc(O)c2c(=O)cc(-c3ccccc3)oc2c1)N[C@H]1CCS(=O)(=O)C1. The highest BCUT2D eigenvalue weighted by Gasteiger charge is 2.28. The van der Waals surface area contributed by atoms with Gasteiger partial charge in [-0.15, -0.1) is 0 Å². The zero-order valence-corrected chi connectivity index (χ0v) is 16.6. The van der Waals surface area contributed by atoms with Crippen molar-refractivity contribution in [2.45, 2.75) is 12.5 Å². The number of sulfone groups is 1. The molecule has 0 bridgehead atoms. The van der Waals surface area contributed by atoms with Crippen molar-refractivity contribution in [1.82, 2.24) is 5.32 Å². The predicted molar refractivity (Wildman–Crippen MR) is 110 cm³/mol. The molecule has 30 heavy (non-hydrogen) atoms. The summed E-state index contributed by atoms with van der Waals surface area (Å²) in [5, 5.41) is 12.9. The van der Waals surface area contributed by atoms with Crippen LogP contribution in [0.5, 0.6) is 11.5 Å². The van der Waals surface area contributed by atoms with E-state index in [1.54, 1.807) is 12.1 Å². The topological polar surface area (TPSA) is 123 Å². The number of ether oxygens (including phenoxy) is 1. The molecule has 8 nitrogen and oxygen atoms in total. The van der Waals surface area contributed by atoms with Gasteiger partial charge in [-0.25, -0.2) is 8.42 Å². The lowest BCUT2D eigenvalue weighted by Crippen LogP contribution is -2.38. The number of rotatable bonds is 5. The summed E-state index contributed by atoms with van der Waals surface area (Å²) in [4.78, 5) is 24.5. The van der Waals surface area contributed by atoms with Crippen molar-refractivity contribution in [3.05, 3.63) is 58.8 Å². The lowest BCUT2D eigenvalue weighted by Gasteiger charge is -2.12. The zero-order valence-electron chi connectivity index (χ0n) is 15.8. The number of phenolic OH excluding ortho intramolecular Hbond substituents is 1. The number of benzene rings is 2. The van der Waals surface area contributed by atoms with Crippen molar-refractivity contribution in [3.8, 4) is 22.8 Å². The molecule has 0 radical (unpaired) electrons. The monoisotopic (exact) mass is 429 g/mol. The highest BCUT2D eigenvalue weighted by Crippen LogP contribution is 2.31. The third kappa shape index (κ3) is 4.30. The smallest absolute Gasteiger partial charge is 0.258 e. The average molecular weight is 429 g/mol. The van der Waals surface area contributed by atoms with Gasteiger partial charge in [0.1, 0.15) is 28.2 Å². The molecule has 0 saturated carbocycles. The van der Waals surface area contributed by atoms with Crippen LogP contribution in [0.4, 0.5) is 0 Å². The number of hydrogen-bond donors (Lipinski definition) is 2. The van der Waals surface area contributed by atoms with Gasteiger partial charge in [-0.3, -0.25) is 9.59 Å². The molecule has 1 amide bonds. The summed E-state index contributed by atoms with van der Waals surface area (Å²) < 4.78 is 34.2. The maximum Gasteiger partial charge on any atom is 0.258 e. The minimum Gasteiger partial charge on any atom is -0.507 e. The first-order valence-electron chi connectivity index (χ1n) is 9.30. The standard InChI is InChI=1S/C21H19NO7S/c23-16-8-15(28-11-20(25)22-14-6-7-30(26,27)12-14)9-19-21(16)17(24)10-18(29-19)13-4-2-1-3-5-13/h1-5,8-10,14,23H,6-7,11-12H2,(H,22,25)/t14-/m0/s1. The number of hydrogen-bond acceptors (Lipinski definition) is 7. The summed E-state index contributed by atoms with van der Waals surface area (Å²) in [6, 6.07) is 12.6. The van der Waals surface area contributed by atoms with Crippen LogP contribution in [0.3, 0.4) is 0 Å². The van der Waals surface area contributed by atoms with Gasteiger partial charge in [0.25, 0.3) is 5.91 Å². The fourth-order valence-electron chi connectivity index (χ4n) is 3.40. The van der Waals surface area contributed by atoms with Crippen LogP contribution in [-0.2, 0) is 14.6 Å². The number of nitrogens with one attached hydrogen (secondary N) is 1. The van der Waals surface area contributed by atoms with Crippen LogP contribution in [0, 0.1) is 0 Å². The Morgan fingerprint density at radius 3 is 2.67 bits per heavy atom. The molecular weight excluding hydrogens is 410 g/mol. The summed E-state index contributed by atoms with van der Waals surface area (Å²) in [7, 11) is -3.10. The van der Waals surface area contributed by atoms with E-state index in [0.717, 1.165) is 0 Å². The molecule has 0 aliphatic carbocycles. The maximum atomic E-state index is 12.4. The molecule has 2 N–H and O–H groups in total. The van der Waals surface area contributed by atoms with Crippen molar-refractivity contribution in [1.29, 1.82) is 0 Å². The van der Waals surface area contributed by atoms with Crippen LogP contribution in [0.15, 0.2) is 57.7 Å². The van der Waals surface area contributed by atoms with Gasteiger partial charge in [0.2, 0.25) is 0 Å². The molecule has 1 aromatic heterocycles. The quantitative estimate of drug-likeness (QED) is 0.634. The van der Waals surface area contributed by atoms with E-state index in [9.17, 15) is 23.1 Å². The van der Waals surface area contributed by atoms with Crippen LogP contribution >= 0.6 is 0 Å². The molecule has 1 aliphatic rings. The second kappa shape index (κ2) is 7.83. The largest absolute Gasteiger partial charge is 0.507 e. The lowest BCUT2D eigenvalue weighted by atomic mass is 10.1. The van der Waals surface area contributed by atoms with Crippen molar-refractivity contribution in [3.63, 3.8) is 0 Å². The van der Waals surface area contributed by atoms with Crippen molar-refractivity contribution >= 4 is 26.7 Å². The minimum absolute atomic E-state index is 0.0163. The van der Waals surface area contributed by atoms with E-state index < -0.39 is 27.2 Å². The second-order valence-electron chi connectivity index (χ2n) is 7.11. The molecule has 2 heterocycles. The number of carbonyl (C=O) groups is 1. The van der Waals surface area contributed by atoms with Crippen LogP contribution < -0.4 is 15.5 Å².